The van der Waals surface area contributed by atoms with Gasteiger partial charge in [-0.05, 0) is 53.4 Å². The van der Waals surface area contributed by atoms with Crippen molar-refractivity contribution < 1.29 is 13.3 Å². The van der Waals surface area contributed by atoms with Crippen molar-refractivity contribution in [1.29, 1.82) is 0 Å². The van der Waals surface area contributed by atoms with Crippen LogP contribution in [0.4, 0.5) is 0 Å². The molecule has 1 heterocycles. The molecule has 0 unspecified atom stereocenters. The second kappa shape index (κ2) is 7.52. The lowest BCUT2D eigenvalue weighted by atomic mass is 9.81. The Kier molecular flexibility index (Phi) is 6.83. The average Bonchev–Trinajstić information content (AvgIpc) is 2.41. The van der Waals surface area contributed by atoms with Crippen LogP contribution in [0.25, 0.3) is 0 Å². The van der Waals surface area contributed by atoms with Gasteiger partial charge < -0.3 is 13.3 Å². The van der Waals surface area contributed by atoms with Crippen LogP contribution in [0.5, 0.6) is 0 Å². The standard InChI is InChI=1S/C15H34N2O3Si/c1-14(2)10-8-11-15(3,4)17(14)16-12-9-13-21(18-5,19-6)20-7/h16H,8-13H2,1-7H3. The van der Waals surface area contributed by atoms with E-state index in [-0.39, 0.29) is 11.1 Å². The van der Waals surface area contributed by atoms with Crippen LogP contribution < -0.4 is 5.43 Å². The van der Waals surface area contributed by atoms with E-state index in [0.717, 1.165) is 19.0 Å². The van der Waals surface area contributed by atoms with Gasteiger partial charge in [-0.3, -0.25) is 5.43 Å². The molecule has 0 spiro atoms. The van der Waals surface area contributed by atoms with Gasteiger partial charge in [0.1, 0.15) is 0 Å². The van der Waals surface area contributed by atoms with Crippen molar-refractivity contribution in [1.82, 2.24) is 10.4 Å². The van der Waals surface area contributed by atoms with Gasteiger partial charge >= 0.3 is 8.80 Å². The van der Waals surface area contributed by atoms with Gasteiger partial charge in [0.05, 0.1) is 0 Å². The maximum atomic E-state index is 5.46. The van der Waals surface area contributed by atoms with Crippen molar-refractivity contribution >= 4 is 8.80 Å². The average molecular weight is 319 g/mol. The van der Waals surface area contributed by atoms with Crippen LogP contribution in [-0.2, 0) is 13.3 Å². The van der Waals surface area contributed by atoms with E-state index in [1.54, 1.807) is 21.3 Å². The lowest BCUT2D eigenvalue weighted by molar-refractivity contribution is -0.0699. The molecule has 1 rings (SSSR count). The molecule has 1 fully saturated rings. The number of nitrogens with one attached hydrogen (secondary N) is 1. The highest BCUT2D eigenvalue weighted by molar-refractivity contribution is 6.60. The second-order valence-corrected chi connectivity index (χ2v) is 10.2. The molecule has 126 valence electrons. The smallest absolute Gasteiger partial charge is 0.377 e. The molecule has 0 amide bonds. The van der Waals surface area contributed by atoms with Crippen molar-refractivity contribution in [2.45, 2.75) is 70.5 Å². The fourth-order valence-electron chi connectivity index (χ4n) is 3.48. The largest absolute Gasteiger partial charge is 0.500 e. The molecule has 0 bridgehead atoms. The molecule has 0 aromatic rings. The summed E-state index contributed by atoms with van der Waals surface area (Å²) in [5.74, 6) is 0. The summed E-state index contributed by atoms with van der Waals surface area (Å²) in [5.41, 5.74) is 4.02. The van der Waals surface area contributed by atoms with Gasteiger partial charge in [-0.15, -0.1) is 0 Å². The molecule has 0 saturated carbocycles. The molecular weight excluding hydrogens is 284 g/mol. The summed E-state index contributed by atoms with van der Waals surface area (Å²) in [6.45, 7) is 10.2. The van der Waals surface area contributed by atoms with Crippen LogP contribution in [0.1, 0.15) is 53.4 Å². The monoisotopic (exact) mass is 318 g/mol. The first-order valence-electron chi connectivity index (χ1n) is 7.92. The van der Waals surface area contributed by atoms with Gasteiger partial charge in [-0.25, -0.2) is 5.01 Å². The highest BCUT2D eigenvalue weighted by Gasteiger charge is 2.41. The van der Waals surface area contributed by atoms with Gasteiger partial charge in [-0.2, -0.15) is 0 Å². The second-order valence-electron chi connectivity index (χ2n) is 7.12. The van der Waals surface area contributed by atoms with Crippen LogP contribution in [0, 0.1) is 0 Å². The Morgan fingerprint density at radius 3 is 1.86 bits per heavy atom. The van der Waals surface area contributed by atoms with E-state index in [9.17, 15) is 0 Å². The van der Waals surface area contributed by atoms with Crippen molar-refractivity contribution in [2.24, 2.45) is 0 Å². The van der Waals surface area contributed by atoms with E-state index in [2.05, 4.69) is 38.1 Å². The third kappa shape index (κ3) is 4.74. The summed E-state index contributed by atoms with van der Waals surface area (Å²) in [4.78, 5) is 0. The quantitative estimate of drug-likeness (QED) is 0.551. The first-order chi connectivity index (χ1) is 9.73. The van der Waals surface area contributed by atoms with E-state index in [1.807, 2.05) is 0 Å². The van der Waals surface area contributed by atoms with Gasteiger partial charge in [0.2, 0.25) is 0 Å². The Hall–Kier alpha value is 0.0169. The topological polar surface area (TPSA) is 43.0 Å². The number of hydrazine groups is 1. The van der Waals surface area contributed by atoms with E-state index in [0.29, 0.717) is 0 Å². The normalized spacial score (nSPS) is 22.4. The van der Waals surface area contributed by atoms with Crippen LogP contribution in [0.15, 0.2) is 0 Å². The molecule has 0 aromatic heterocycles. The fraction of sp³-hybridized carbons (Fsp3) is 1.00. The lowest BCUT2D eigenvalue weighted by Gasteiger charge is -2.52. The van der Waals surface area contributed by atoms with E-state index in [1.165, 1.54) is 19.3 Å². The van der Waals surface area contributed by atoms with Gasteiger partial charge in [0, 0.05) is 45.0 Å². The summed E-state index contributed by atoms with van der Waals surface area (Å²) in [7, 11) is 2.58. The Bertz CT molecular complexity index is 296. The number of rotatable bonds is 8. The van der Waals surface area contributed by atoms with Crippen molar-refractivity contribution in [3.05, 3.63) is 0 Å². The van der Waals surface area contributed by atoms with E-state index < -0.39 is 8.80 Å². The Balaban J connectivity index is 2.50. The van der Waals surface area contributed by atoms with Crippen LogP contribution >= 0.6 is 0 Å². The predicted octanol–water partition coefficient (Wildman–Crippen LogP) is 2.80. The molecule has 0 aliphatic carbocycles. The highest BCUT2D eigenvalue weighted by Crippen LogP contribution is 2.36. The highest BCUT2D eigenvalue weighted by atomic mass is 28.4. The van der Waals surface area contributed by atoms with Crippen molar-refractivity contribution in [2.75, 3.05) is 27.9 Å². The SMILES string of the molecule is CO[Si](CCCNN1C(C)(C)CCCC1(C)C)(OC)OC. The number of hydrogen-bond donors (Lipinski definition) is 1. The summed E-state index contributed by atoms with van der Waals surface area (Å²) in [6.07, 6.45) is 4.74. The molecule has 1 saturated heterocycles. The van der Waals surface area contributed by atoms with Gasteiger partial charge in [-0.1, -0.05) is 0 Å². The Morgan fingerprint density at radius 1 is 0.952 bits per heavy atom. The maximum Gasteiger partial charge on any atom is 0.500 e. The fourth-order valence-corrected chi connectivity index (χ4v) is 5.20. The Labute approximate surface area is 131 Å². The van der Waals surface area contributed by atoms with Crippen molar-refractivity contribution in [3.8, 4) is 0 Å². The molecule has 5 nitrogen and oxygen atoms in total. The zero-order chi connectivity index (χ0) is 16.1. The van der Waals surface area contributed by atoms with Gasteiger partial charge in [0.15, 0.2) is 0 Å². The predicted molar refractivity (Wildman–Crippen MR) is 88.1 cm³/mol. The molecule has 21 heavy (non-hydrogen) atoms. The number of hydrogen-bond acceptors (Lipinski definition) is 5. The molecule has 1 aliphatic heterocycles. The summed E-state index contributed by atoms with van der Waals surface area (Å²) in [6, 6.07) is 0.832. The summed E-state index contributed by atoms with van der Waals surface area (Å²) in [5, 5.41) is 2.44. The number of nitrogens with zero attached hydrogens (tertiary/aromatic N) is 1. The van der Waals surface area contributed by atoms with Crippen LogP contribution in [-0.4, -0.2) is 52.8 Å². The maximum absolute atomic E-state index is 5.46. The number of piperidine rings is 1. The Morgan fingerprint density at radius 2 is 1.43 bits per heavy atom. The van der Waals surface area contributed by atoms with Crippen molar-refractivity contribution in [3.63, 3.8) is 0 Å². The molecule has 0 aromatic carbocycles. The van der Waals surface area contributed by atoms with Crippen LogP contribution in [0.2, 0.25) is 6.04 Å². The molecular formula is C15H34N2O3Si. The van der Waals surface area contributed by atoms with E-state index >= 15 is 0 Å². The minimum atomic E-state index is -2.43. The van der Waals surface area contributed by atoms with Gasteiger partial charge in [0.25, 0.3) is 0 Å². The third-order valence-electron chi connectivity index (χ3n) is 4.65. The molecule has 0 radical (unpaired) electrons. The first-order valence-corrected chi connectivity index (χ1v) is 9.85. The lowest BCUT2D eigenvalue weighted by Crippen LogP contribution is -2.64. The first kappa shape index (κ1) is 19.1. The molecule has 1 aliphatic rings. The zero-order valence-corrected chi connectivity index (χ0v) is 15.9. The molecule has 6 heteroatoms. The molecule has 1 N–H and O–H groups in total. The van der Waals surface area contributed by atoms with Crippen LogP contribution in [0.3, 0.4) is 0 Å². The van der Waals surface area contributed by atoms with E-state index in [4.69, 9.17) is 13.3 Å². The summed E-state index contributed by atoms with van der Waals surface area (Å²) < 4.78 is 16.4. The minimum Gasteiger partial charge on any atom is -0.377 e. The molecule has 0 atom stereocenters. The summed E-state index contributed by atoms with van der Waals surface area (Å²) >= 11 is 0. The minimum absolute atomic E-state index is 0.194. The zero-order valence-electron chi connectivity index (χ0n) is 14.9. The third-order valence-corrected chi connectivity index (χ3v) is 7.48.